The highest BCUT2D eigenvalue weighted by Crippen LogP contribution is 2.67. The van der Waals surface area contributed by atoms with E-state index in [1.807, 2.05) is 0 Å². The van der Waals surface area contributed by atoms with Crippen molar-refractivity contribution < 1.29 is 10.2 Å². The van der Waals surface area contributed by atoms with Gasteiger partial charge >= 0.3 is 0 Å². The molecule has 4 aliphatic rings. The Balaban J connectivity index is 1.61. The van der Waals surface area contributed by atoms with Crippen LogP contribution in [0.15, 0.2) is 0 Å². The molecule has 8 unspecified atom stereocenters. The maximum atomic E-state index is 10.1. The molecule has 0 saturated heterocycles. The summed E-state index contributed by atoms with van der Waals surface area (Å²) >= 11 is 0. The fraction of sp³-hybridized carbons (Fsp3) is 1.00. The van der Waals surface area contributed by atoms with Gasteiger partial charge in [-0.15, -0.1) is 0 Å². The van der Waals surface area contributed by atoms with E-state index in [4.69, 9.17) is 0 Å². The van der Waals surface area contributed by atoms with Crippen LogP contribution in [0.1, 0.15) is 71.6 Å². The van der Waals surface area contributed by atoms with Crippen LogP contribution in [0, 0.1) is 40.4 Å². The van der Waals surface area contributed by atoms with Crippen molar-refractivity contribution in [1.29, 1.82) is 0 Å². The lowest BCUT2D eigenvalue weighted by atomic mass is 9.44. The van der Waals surface area contributed by atoms with Crippen LogP contribution in [0.3, 0.4) is 0 Å². The minimum atomic E-state index is -0.0336. The van der Waals surface area contributed by atoms with Gasteiger partial charge in [0, 0.05) is 6.61 Å². The summed E-state index contributed by atoms with van der Waals surface area (Å²) < 4.78 is 0. The molecule has 0 spiro atoms. The van der Waals surface area contributed by atoms with E-state index in [2.05, 4.69) is 13.8 Å². The third-order valence-corrected chi connectivity index (χ3v) is 9.05. The van der Waals surface area contributed by atoms with Gasteiger partial charge in [-0.25, -0.2) is 0 Å². The zero-order valence-corrected chi connectivity index (χ0v) is 14.4. The Hall–Kier alpha value is -0.0800. The zero-order chi connectivity index (χ0) is 15.5. The van der Waals surface area contributed by atoms with Crippen LogP contribution in [0.4, 0.5) is 0 Å². The van der Waals surface area contributed by atoms with E-state index in [9.17, 15) is 10.2 Å². The molecule has 2 heteroatoms. The van der Waals surface area contributed by atoms with Gasteiger partial charge in [-0.3, -0.25) is 0 Å². The third kappa shape index (κ3) is 1.99. The van der Waals surface area contributed by atoms with Gasteiger partial charge < -0.3 is 10.2 Å². The minimum absolute atomic E-state index is 0.0336. The second kappa shape index (κ2) is 5.21. The lowest BCUT2D eigenvalue weighted by Crippen LogP contribution is -2.54. The van der Waals surface area contributed by atoms with E-state index < -0.39 is 0 Å². The Bertz CT molecular complexity index is 435. The second-order valence-corrected chi connectivity index (χ2v) is 9.59. The Kier molecular flexibility index (Phi) is 3.66. The van der Waals surface area contributed by atoms with E-state index in [1.54, 1.807) is 0 Å². The molecule has 4 fully saturated rings. The summed E-state index contributed by atoms with van der Waals surface area (Å²) in [5, 5.41) is 19.9. The fourth-order valence-corrected chi connectivity index (χ4v) is 7.64. The largest absolute Gasteiger partial charge is 0.396 e. The molecule has 0 amide bonds. The summed E-state index contributed by atoms with van der Waals surface area (Å²) in [6, 6.07) is 0. The quantitative estimate of drug-likeness (QED) is 0.769. The molecule has 4 saturated carbocycles. The summed E-state index contributed by atoms with van der Waals surface area (Å²) in [7, 11) is 0. The smallest absolute Gasteiger partial charge is 0.0543 e. The zero-order valence-electron chi connectivity index (χ0n) is 14.4. The molecule has 0 radical (unpaired) electrons. The molecular formula is C20H34O2. The first-order chi connectivity index (χ1) is 10.5. The van der Waals surface area contributed by atoms with Crippen LogP contribution in [0.5, 0.6) is 0 Å². The monoisotopic (exact) mass is 306 g/mol. The normalized spacial score (nSPS) is 57.8. The summed E-state index contributed by atoms with van der Waals surface area (Å²) in [4.78, 5) is 0. The van der Waals surface area contributed by atoms with Crippen molar-refractivity contribution in [1.82, 2.24) is 0 Å². The van der Waals surface area contributed by atoms with Crippen LogP contribution in [-0.2, 0) is 0 Å². The van der Waals surface area contributed by atoms with E-state index in [1.165, 1.54) is 44.9 Å². The van der Waals surface area contributed by atoms with Gasteiger partial charge in [-0.2, -0.15) is 0 Å². The average molecular weight is 306 g/mol. The maximum Gasteiger partial charge on any atom is 0.0543 e. The lowest BCUT2D eigenvalue weighted by Gasteiger charge is -2.61. The molecule has 2 N–H and O–H groups in total. The number of aliphatic hydroxyl groups excluding tert-OH is 2. The SMILES string of the molecule is CC12CCC3C(CCC4CC(O)CCC43C)C1CCC2CO. The topological polar surface area (TPSA) is 40.5 Å². The van der Waals surface area contributed by atoms with Gasteiger partial charge in [0.05, 0.1) is 6.10 Å². The third-order valence-electron chi connectivity index (χ3n) is 9.05. The van der Waals surface area contributed by atoms with Crippen LogP contribution in [-0.4, -0.2) is 22.9 Å². The average Bonchev–Trinajstić information content (AvgIpc) is 2.84. The predicted octanol–water partition coefficient (Wildman–Crippen LogP) is 4.00. The van der Waals surface area contributed by atoms with E-state index >= 15 is 0 Å². The van der Waals surface area contributed by atoms with Gasteiger partial charge in [0.25, 0.3) is 0 Å². The van der Waals surface area contributed by atoms with Gasteiger partial charge in [0.1, 0.15) is 0 Å². The first kappa shape index (κ1) is 15.4. The number of fused-ring (bicyclic) bond motifs is 5. The number of hydrogen-bond donors (Lipinski definition) is 2. The van der Waals surface area contributed by atoms with Gasteiger partial charge in [-0.05, 0) is 98.2 Å². The molecule has 0 heterocycles. The highest BCUT2D eigenvalue weighted by Gasteiger charge is 2.59. The standard InChI is InChI=1S/C20H34O2/c1-19-9-7-15(22)11-13(19)3-5-16-17-6-4-14(12-21)20(17,2)10-8-18(16)19/h13-18,21-22H,3-12H2,1-2H3. The van der Waals surface area contributed by atoms with E-state index in [0.29, 0.717) is 23.4 Å². The molecule has 4 rings (SSSR count). The van der Waals surface area contributed by atoms with Crippen molar-refractivity contribution in [2.75, 3.05) is 6.61 Å². The van der Waals surface area contributed by atoms with Crippen LogP contribution in [0.25, 0.3) is 0 Å². The molecule has 22 heavy (non-hydrogen) atoms. The van der Waals surface area contributed by atoms with Crippen molar-refractivity contribution in [2.24, 2.45) is 40.4 Å². The van der Waals surface area contributed by atoms with Crippen molar-refractivity contribution in [3.8, 4) is 0 Å². The molecule has 0 aromatic rings. The Morgan fingerprint density at radius 1 is 0.864 bits per heavy atom. The van der Waals surface area contributed by atoms with Gasteiger partial charge in [-0.1, -0.05) is 13.8 Å². The summed E-state index contributed by atoms with van der Waals surface area (Å²) in [6.07, 6.45) is 11.3. The van der Waals surface area contributed by atoms with Crippen LogP contribution >= 0.6 is 0 Å². The molecule has 8 atom stereocenters. The summed E-state index contributed by atoms with van der Waals surface area (Å²) in [5.41, 5.74) is 0.897. The van der Waals surface area contributed by atoms with Gasteiger partial charge in [0.15, 0.2) is 0 Å². The van der Waals surface area contributed by atoms with Crippen LogP contribution in [0.2, 0.25) is 0 Å². The molecule has 0 aromatic carbocycles. The number of rotatable bonds is 1. The van der Waals surface area contributed by atoms with Gasteiger partial charge in [0.2, 0.25) is 0 Å². The first-order valence-corrected chi connectivity index (χ1v) is 9.78. The summed E-state index contributed by atoms with van der Waals surface area (Å²) in [5.74, 6) is 3.95. The van der Waals surface area contributed by atoms with Crippen molar-refractivity contribution in [3.63, 3.8) is 0 Å². The molecule has 4 aliphatic carbocycles. The molecular weight excluding hydrogens is 272 g/mol. The van der Waals surface area contributed by atoms with E-state index in [0.717, 1.165) is 36.5 Å². The first-order valence-electron chi connectivity index (χ1n) is 9.78. The highest BCUT2D eigenvalue weighted by molar-refractivity contribution is 5.09. The lowest BCUT2D eigenvalue weighted by molar-refractivity contribution is -0.128. The molecule has 0 bridgehead atoms. The fourth-order valence-electron chi connectivity index (χ4n) is 7.64. The van der Waals surface area contributed by atoms with E-state index in [-0.39, 0.29) is 6.10 Å². The number of hydrogen-bond acceptors (Lipinski definition) is 2. The second-order valence-electron chi connectivity index (χ2n) is 9.59. The molecule has 126 valence electrons. The number of aliphatic hydroxyl groups is 2. The highest BCUT2D eigenvalue weighted by atomic mass is 16.3. The van der Waals surface area contributed by atoms with Crippen LogP contribution < -0.4 is 0 Å². The molecule has 2 nitrogen and oxygen atoms in total. The Morgan fingerprint density at radius 2 is 1.59 bits per heavy atom. The molecule has 0 aliphatic heterocycles. The molecule has 0 aromatic heterocycles. The van der Waals surface area contributed by atoms with Crippen molar-refractivity contribution in [3.05, 3.63) is 0 Å². The Morgan fingerprint density at radius 3 is 2.36 bits per heavy atom. The minimum Gasteiger partial charge on any atom is -0.396 e. The van der Waals surface area contributed by atoms with Crippen molar-refractivity contribution >= 4 is 0 Å². The Labute approximate surface area is 135 Å². The predicted molar refractivity (Wildman–Crippen MR) is 88.3 cm³/mol. The maximum absolute atomic E-state index is 10.1. The van der Waals surface area contributed by atoms with Crippen molar-refractivity contribution in [2.45, 2.75) is 77.7 Å². The summed E-state index contributed by atoms with van der Waals surface area (Å²) in [6.45, 7) is 5.44.